The van der Waals surface area contributed by atoms with E-state index in [9.17, 15) is 9.59 Å². The van der Waals surface area contributed by atoms with Crippen LogP contribution in [0.5, 0.6) is 0 Å². The first-order chi connectivity index (χ1) is 9.10. The maximum absolute atomic E-state index is 11.8. The molecule has 19 heavy (non-hydrogen) atoms. The molecule has 1 atom stereocenters. The van der Waals surface area contributed by atoms with Crippen molar-refractivity contribution < 1.29 is 14.7 Å². The number of amides is 1. The summed E-state index contributed by atoms with van der Waals surface area (Å²) in [6, 6.07) is 3.60. The van der Waals surface area contributed by atoms with Gasteiger partial charge in [0.15, 0.2) is 0 Å². The van der Waals surface area contributed by atoms with E-state index < -0.39 is 12.0 Å². The second-order valence-electron chi connectivity index (χ2n) is 4.60. The largest absolute Gasteiger partial charge is 0.481 e. The Hall–Kier alpha value is -1.40. The van der Waals surface area contributed by atoms with Crippen molar-refractivity contribution in [3.63, 3.8) is 0 Å². The predicted octanol–water partition coefficient (Wildman–Crippen LogP) is 1.09. The van der Waals surface area contributed by atoms with Crippen LogP contribution in [0, 0.1) is 0 Å². The van der Waals surface area contributed by atoms with Gasteiger partial charge in [0, 0.05) is 29.4 Å². The number of rotatable bonds is 5. The van der Waals surface area contributed by atoms with Crippen LogP contribution in [-0.4, -0.2) is 41.0 Å². The average Bonchev–Trinajstić information content (AvgIpc) is 2.81. The van der Waals surface area contributed by atoms with Crippen molar-refractivity contribution in [1.29, 1.82) is 0 Å². The molecule has 0 radical (unpaired) electrons. The number of carboxylic acids is 1. The van der Waals surface area contributed by atoms with Gasteiger partial charge >= 0.3 is 5.97 Å². The Bertz CT molecular complexity index is 472. The highest BCUT2D eigenvalue weighted by Crippen LogP contribution is 2.21. The molecule has 1 fully saturated rings. The summed E-state index contributed by atoms with van der Waals surface area (Å²) < 4.78 is 0. The van der Waals surface area contributed by atoms with E-state index in [1.54, 1.807) is 11.3 Å². The Balaban J connectivity index is 2.06. The zero-order valence-electron chi connectivity index (χ0n) is 10.9. The summed E-state index contributed by atoms with van der Waals surface area (Å²) in [5.74, 6) is -1.12. The van der Waals surface area contributed by atoms with E-state index >= 15 is 0 Å². The molecular weight excluding hydrogens is 264 g/mol. The molecule has 1 aromatic rings. The number of carbonyl (C=O) groups is 2. The van der Waals surface area contributed by atoms with Crippen LogP contribution in [0.15, 0.2) is 12.1 Å². The number of aryl methyl sites for hydroxylation is 1. The second-order valence-corrected chi connectivity index (χ2v) is 5.85. The van der Waals surface area contributed by atoms with Gasteiger partial charge in [-0.05, 0) is 18.6 Å². The van der Waals surface area contributed by atoms with Crippen molar-refractivity contribution in [3.8, 4) is 0 Å². The topological polar surface area (TPSA) is 69.6 Å². The predicted molar refractivity (Wildman–Crippen MR) is 73.2 cm³/mol. The van der Waals surface area contributed by atoms with Gasteiger partial charge < -0.3 is 10.4 Å². The molecule has 2 rings (SSSR count). The lowest BCUT2D eigenvalue weighted by Gasteiger charge is -2.33. The number of thiophene rings is 1. The van der Waals surface area contributed by atoms with Gasteiger partial charge in [-0.2, -0.15) is 0 Å². The minimum Gasteiger partial charge on any atom is -0.481 e. The molecule has 2 N–H and O–H groups in total. The van der Waals surface area contributed by atoms with Crippen LogP contribution >= 0.6 is 11.3 Å². The summed E-state index contributed by atoms with van der Waals surface area (Å²) in [5.41, 5.74) is 0. The molecule has 1 aliphatic rings. The molecular formula is C13H18N2O3S. The van der Waals surface area contributed by atoms with Gasteiger partial charge in [-0.25, -0.2) is 0 Å². The number of hydrogen-bond acceptors (Lipinski definition) is 4. The zero-order chi connectivity index (χ0) is 13.8. The van der Waals surface area contributed by atoms with Gasteiger partial charge in [-0.15, -0.1) is 11.3 Å². The summed E-state index contributed by atoms with van der Waals surface area (Å²) in [6.07, 6.45) is 0.863. The molecule has 5 nitrogen and oxygen atoms in total. The Morgan fingerprint density at radius 1 is 1.53 bits per heavy atom. The lowest BCUT2D eigenvalue weighted by atomic mass is 10.1. The van der Waals surface area contributed by atoms with Crippen LogP contribution in [0.1, 0.15) is 23.1 Å². The maximum Gasteiger partial charge on any atom is 0.305 e. The summed E-state index contributed by atoms with van der Waals surface area (Å²) in [4.78, 5) is 27.1. The van der Waals surface area contributed by atoms with E-state index in [1.165, 1.54) is 9.75 Å². The molecule has 1 aromatic heterocycles. The Labute approximate surface area is 116 Å². The molecule has 1 saturated heterocycles. The van der Waals surface area contributed by atoms with Crippen LogP contribution in [-0.2, 0) is 22.6 Å². The zero-order valence-corrected chi connectivity index (χ0v) is 11.7. The number of nitrogens with one attached hydrogen (secondary N) is 1. The van der Waals surface area contributed by atoms with Gasteiger partial charge in [0.1, 0.15) is 6.04 Å². The van der Waals surface area contributed by atoms with Gasteiger partial charge in [-0.3, -0.25) is 14.5 Å². The normalized spacial score (nSPS) is 20.3. The molecule has 0 saturated carbocycles. The van der Waals surface area contributed by atoms with Crippen LogP contribution in [0.2, 0.25) is 0 Å². The molecule has 1 amide bonds. The third kappa shape index (κ3) is 3.54. The number of aliphatic carboxylic acids is 1. The van der Waals surface area contributed by atoms with E-state index in [-0.39, 0.29) is 12.3 Å². The molecule has 6 heteroatoms. The average molecular weight is 282 g/mol. The van der Waals surface area contributed by atoms with E-state index in [2.05, 4.69) is 24.4 Å². The smallest absolute Gasteiger partial charge is 0.305 e. The third-order valence-electron chi connectivity index (χ3n) is 3.23. The monoisotopic (exact) mass is 282 g/mol. The first kappa shape index (κ1) is 14.0. The first-order valence-electron chi connectivity index (χ1n) is 6.41. The highest BCUT2D eigenvalue weighted by atomic mass is 32.1. The van der Waals surface area contributed by atoms with Crippen molar-refractivity contribution >= 4 is 23.2 Å². The lowest BCUT2D eigenvalue weighted by molar-refractivity contribution is -0.143. The number of piperazine rings is 1. The number of nitrogens with zero attached hydrogens (tertiary/aromatic N) is 1. The number of carbonyl (C=O) groups excluding carboxylic acids is 1. The van der Waals surface area contributed by atoms with Crippen LogP contribution in [0.25, 0.3) is 0 Å². The molecule has 1 unspecified atom stereocenters. The van der Waals surface area contributed by atoms with Crippen molar-refractivity contribution in [3.05, 3.63) is 21.9 Å². The van der Waals surface area contributed by atoms with E-state index in [1.807, 2.05) is 4.90 Å². The van der Waals surface area contributed by atoms with Crippen LogP contribution in [0.3, 0.4) is 0 Å². The van der Waals surface area contributed by atoms with Gasteiger partial charge in [-0.1, -0.05) is 6.92 Å². The molecule has 104 valence electrons. The van der Waals surface area contributed by atoms with Crippen molar-refractivity contribution in [2.45, 2.75) is 32.4 Å². The van der Waals surface area contributed by atoms with E-state index in [4.69, 9.17) is 5.11 Å². The fraction of sp³-hybridized carbons (Fsp3) is 0.538. The SMILES string of the molecule is CCc1ccc(CN2CCNC(=O)C2CC(=O)O)s1. The quantitative estimate of drug-likeness (QED) is 0.848. The van der Waals surface area contributed by atoms with Crippen molar-refractivity contribution in [1.82, 2.24) is 10.2 Å². The summed E-state index contributed by atoms with van der Waals surface area (Å²) in [5, 5.41) is 11.6. The lowest BCUT2D eigenvalue weighted by Crippen LogP contribution is -2.55. The van der Waals surface area contributed by atoms with E-state index in [0.29, 0.717) is 19.6 Å². The van der Waals surface area contributed by atoms with Crippen molar-refractivity contribution in [2.24, 2.45) is 0 Å². The molecule has 2 heterocycles. The molecule has 1 aliphatic heterocycles. The molecule has 0 aliphatic carbocycles. The third-order valence-corrected chi connectivity index (χ3v) is 4.45. The second kappa shape index (κ2) is 6.16. The highest BCUT2D eigenvalue weighted by molar-refractivity contribution is 7.11. The van der Waals surface area contributed by atoms with E-state index in [0.717, 1.165) is 6.42 Å². The fourth-order valence-electron chi connectivity index (χ4n) is 2.24. The van der Waals surface area contributed by atoms with Crippen LogP contribution in [0.4, 0.5) is 0 Å². The minimum atomic E-state index is -0.938. The maximum atomic E-state index is 11.8. The summed E-state index contributed by atoms with van der Waals surface area (Å²) in [7, 11) is 0. The molecule has 0 aromatic carbocycles. The van der Waals surface area contributed by atoms with Gasteiger partial charge in [0.2, 0.25) is 5.91 Å². The number of hydrogen-bond donors (Lipinski definition) is 2. The summed E-state index contributed by atoms with van der Waals surface area (Å²) in [6.45, 7) is 4.04. The van der Waals surface area contributed by atoms with Crippen LogP contribution < -0.4 is 5.32 Å². The van der Waals surface area contributed by atoms with Gasteiger partial charge in [0.05, 0.1) is 6.42 Å². The standard InChI is InChI=1S/C13H18N2O3S/c1-2-9-3-4-10(19-9)8-15-6-5-14-13(18)11(15)7-12(16)17/h3-4,11H,2,5-8H2,1H3,(H,14,18)(H,16,17). The van der Waals surface area contributed by atoms with Gasteiger partial charge in [0.25, 0.3) is 0 Å². The summed E-state index contributed by atoms with van der Waals surface area (Å²) >= 11 is 1.73. The first-order valence-corrected chi connectivity index (χ1v) is 7.23. The molecule has 0 spiro atoms. The highest BCUT2D eigenvalue weighted by Gasteiger charge is 2.31. The fourth-order valence-corrected chi connectivity index (χ4v) is 3.22. The Kier molecular flexibility index (Phi) is 4.55. The Morgan fingerprint density at radius 2 is 2.26 bits per heavy atom. The Morgan fingerprint density at radius 3 is 2.89 bits per heavy atom. The minimum absolute atomic E-state index is 0.141. The van der Waals surface area contributed by atoms with Crippen molar-refractivity contribution in [2.75, 3.05) is 13.1 Å². The molecule has 0 bridgehead atoms. The number of carboxylic acid groups (broad SMARTS) is 1.